The molecular weight excluding hydrogens is 361 g/mol. The summed E-state index contributed by atoms with van der Waals surface area (Å²) in [5.74, 6) is 1.83. The van der Waals surface area contributed by atoms with Crippen LogP contribution in [0.3, 0.4) is 0 Å². The molecule has 0 bridgehead atoms. The van der Waals surface area contributed by atoms with Gasteiger partial charge in [0.2, 0.25) is 5.91 Å². The van der Waals surface area contributed by atoms with Crippen LogP contribution in [0.5, 0.6) is 0 Å². The molecule has 0 aromatic heterocycles. The molecular formula is C19H21Cl2NOS. The molecule has 2 aromatic rings. The molecule has 2 aromatic carbocycles. The molecule has 0 saturated carbocycles. The minimum Gasteiger partial charge on any atom is -0.355 e. The van der Waals surface area contributed by atoms with Gasteiger partial charge in [0.05, 0.1) is 10.0 Å². The molecule has 0 radical (unpaired) electrons. The molecule has 2 rings (SSSR count). The van der Waals surface area contributed by atoms with Crippen molar-refractivity contribution >= 4 is 40.9 Å². The normalized spacial score (nSPS) is 10.6. The molecule has 0 aliphatic heterocycles. The van der Waals surface area contributed by atoms with Crippen LogP contribution in [0, 0.1) is 6.92 Å². The van der Waals surface area contributed by atoms with E-state index < -0.39 is 0 Å². The molecule has 1 N–H and O–H groups in total. The molecule has 2 nitrogen and oxygen atoms in total. The summed E-state index contributed by atoms with van der Waals surface area (Å²) in [6.07, 6.45) is 1.31. The Morgan fingerprint density at radius 1 is 1.04 bits per heavy atom. The summed E-state index contributed by atoms with van der Waals surface area (Å²) in [6.45, 7) is 2.74. The third-order valence-corrected chi connectivity index (χ3v) is 5.35. The summed E-state index contributed by atoms with van der Waals surface area (Å²) in [5.41, 5.74) is 3.58. The lowest BCUT2D eigenvalue weighted by Gasteiger charge is -2.06. The molecule has 0 heterocycles. The predicted octanol–water partition coefficient (Wildman–Crippen LogP) is 5.28. The van der Waals surface area contributed by atoms with E-state index in [0.717, 1.165) is 23.5 Å². The van der Waals surface area contributed by atoms with Gasteiger partial charge in [-0.15, -0.1) is 0 Å². The first kappa shape index (κ1) is 19.2. The fourth-order valence-corrected chi connectivity index (χ4v) is 3.31. The Kier molecular flexibility index (Phi) is 7.97. The fraction of sp³-hybridized carbons (Fsp3) is 0.316. The van der Waals surface area contributed by atoms with Crippen LogP contribution in [-0.2, 0) is 17.0 Å². The highest BCUT2D eigenvalue weighted by Gasteiger charge is 2.03. The van der Waals surface area contributed by atoms with E-state index in [9.17, 15) is 4.79 Å². The summed E-state index contributed by atoms with van der Waals surface area (Å²) < 4.78 is 0. The van der Waals surface area contributed by atoms with E-state index in [1.807, 2.05) is 18.2 Å². The molecule has 24 heavy (non-hydrogen) atoms. The van der Waals surface area contributed by atoms with Gasteiger partial charge in [-0.3, -0.25) is 4.79 Å². The maximum Gasteiger partial charge on any atom is 0.220 e. The van der Waals surface area contributed by atoms with Gasteiger partial charge in [-0.25, -0.2) is 0 Å². The van der Waals surface area contributed by atoms with Gasteiger partial charge in [-0.1, -0.05) is 59.1 Å². The molecule has 1 amide bonds. The summed E-state index contributed by atoms with van der Waals surface area (Å²) in [5, 5.41) is 4.12. The van der Waals surface area contributed by atoms with Crippen molar-refractivity contribution in [2.75, 3.05) is 12.3 Å². The summed E-state index contributed by atoms with van der Waals surface area (Å²) in [7, 11) is 0. The molecule has 0 aliphatic carbocycles. The Bertz CT molecular complexity index is 674. The average molecular weight is 382 g/mol. The van der Waals surface area contributed by atoms with Crippen molar-refractivity contribution < 1.29 is 4.79 Å². The second-order valence-corrected chi connectivity index (χ2v) is 7.56. The number of carbonyl (C=O) groups excluding carboxylic acids is 1. The molecule has 0 fully saturated rings. The number of thioether (sulfide) groups is 1. The Balaban J connectivity index is 1.59. The Morgan fingerprint density at radius 2 is 1.75 bits per heavy atom. The quantitative estimate of drug-likeness (QED) is 0.629. The lowest BCUT2D eigenvalue weighted by atomic mass is 10.1. The summed E-state index contributed by atoms with van der Waals surface area (Å²) >= 11 is 13.6. The summed E-state index contributed by atoms with van der Waals surface area (Å²) in [4.78, 5) is 11.8. The van der Waals surface area contributed by atoms with Crippen molar-refractivity contribution in [3.8, 4) is 0 Å². The summed E-state index contributed by atoms with van der Waals surface area (Å²) in [6, 6.07) is 14.0. The second kappa shape index (κ2) is 9.97. The van der Waals surface area contributed by atoms with Gasteiger partial charge >= 0.3 is 0 Å². The predicted molar refractivity (Wildman–Crippen MR) is 105 cm³/mol. The van der Waals surface area contributed by atoms with Crippen molar-refractivity contribution in [3.05, 3.63) is 69.2 Å². The molecule has 0 unspecified atom stereocenters. The van der Waals surface area contributed by atoms with E-state index in [-0.39, 0.29) is 5.91 Å². The van der Waals surface area contributed by atoms with E-state index in [0.29, 0.717) is 23.0 Å². The number of carbonyl (C=O) groups is 1. The van der Waals surface area contributed by atoms with Gasteiger partial charge in [0.1, 0.15) is 0 Å². The van der Waals surface area contributed by atoms with Crippen LogP contribution < -0.4 is 5.32 Å². The number of rotatable bonds is 8. The van der Waals surface area contributed by atoms with Gasteiger partial charge in [-0.05, 0) is 36.6 Å². The fourth-order valence-electron chi connectivity index (χ4n) is 2.18. The topological polar surface area (TPSA) is 29.1 Å². The smallest absolute Gasteiger partial charge is 0.220 e. The minimum absolute atomic E-state index is 0.103. The first-order valence-electron chi connectivity index (χ1n) is 7.88. The zero-order valence-electron chi connectivity index (χ0n) is 13.6. The van der Waals surface area contributed by atoms with Crippen LogP contribution >= 0.6 is 35.0 Å². The van der Waals surface area contributed by atoms with Crippen molar-refractivity contribution in [1.82, 2.24) is 5.32 Å². The van der Waals surface area contributed by atoms with Crippen molar-refractivity contribution in [2.24, 2.45) is 0 Å². The standard InChI is InChI=1S/C19H21Cl2NOS/c1-14-2-4-15(5-3-14)7-9-19(23)22-10-11-24-13-16-6-8-17(20)18(21)12-16/h2-6,8,12H,7,9-11,13H2,1H3,(H,22,23). The van der Waals surface area contributed by atoms with Crippen molar-refractivity contribution in [2.45, 2.75) is 25.5 Å². The first-order chi connectivity index (χ1) is 11.5. The Labute approximate surface area is 157 Å². The van der Waals surface area contributed by atoms with E-state index in [4.69, 9.17) is 23.2 Å². The Hall–Kier alpha value is -1.16. The molecule has 0 atom stereocenters. The average Bonchev–Trinajstić information content (AvgIpc) is 2.57. The SMILES string of the molecule is Cc1ccc(CCC(=O)NCCSCc2ccc(Cl)c(Cl)c2)cc1. The van der Waals surface area contributed by atoms with Gasteiger partial charge in [0.15, 0.2) is 0 Å². The maximum absolute atomic E-state index is 11.8. The number of halogens is 2. The number of benzene rings is 2. The molecule has 0 aliphatic rings. The van der Waals surface area contributed by atoms with E-state index in [1.165, 1.54) is 11.1 Å². The molecule has 5 heteroatoms. The number of hydrogen-bond acceptors (Lipinski definition) is 2. The number of aryl methyl sites for hydroxylation is 2. The highest BCUT2D eigenvalue weighted by Crippen LogP contribution is 2.24. The van der Waals surface area contributed by atoms with Gasteiger partial charge in [0.25, 0.3) is 0 Å². The molecule has 0 spiro atoms. The zero-order valence-corrected chi connectivity index (χ0v) is 16.0. The third kappa shape index (κ3) is 6.76. The van der Waals surface area contributed by atoms with E-state index in [1.54, 1.807) is 11.8 Å². The van der Waals surface area contributed by atoms with Crippen LogP contribution in [0.25, 0.3) is 0 Å². The number of amides is 1. The lowest BCUT2D eigenvalue weighted by Crippen LogP contribution is -2.25. The van der Waals surface area contributed by atoms with Crippen molar-refractivity contribution in [1.29, 1.82) is 0 Å². The maximum atomic E-state index is 11.8. The van der Waals surface area contributed by atoms with Gasteiger partial charge < -0.3 is 5.32 Å². The van der Waals surface area contributed by atoms with Crippen LogP contribution in [0.4, 0.5) is 0 Å². The van der Waals surface area contributed by atoms with Gasteiger partial charge in [0, 0.05) is 24.5 Å². The van der Waals surface area contributed by atoms with E-state index in [2.05, 4.69) is 36.5 Å². The highest BCUT2D eigenvalue weighted by atomic mass is 35.5. The molecule has 128 valence electrons. The Morgan fingerprint density at radius 3 is 2.46 bits per heavy atom. The lowest BCUT2D eigenvalue weighted by molar-refractivity contribution is -0.120. The zero-order chi connectivity index (χ0) is 17.4. The molecule has 0 saturated heterocycles. The largest absolute Gasteiger partial charge is 0.355 e. The monoisotopic (exact) mass is 381 g/mol. The minimum atomic E-state index is 0.103. The first-order valence-corrected chi connectivity index (χ1v) is 9.79. The van der Waals surface area contributed by atoms with E-state index >= 15 is 0 Å². The van der Waals surface area contributed by atoms with Gasteiger partial charge in [-0.2, -0.15) is 11.8 Å². The van der Waals surface area contributed by atoms with Crippen molar-refractivity contribution in [3.63, 3.8) is 0 Å². The van der Waals surface area contributed by atoms with Crippen LogP contribution in [0.15, 0.2) is 42.5 Å². The number of hydrogen-bond donors (Lipinski definition) is 1. The highest BCUT2D eigenvalue weighted by molar-refractivity contribution is 7.98. The number of nitrogens with one attached hydrogen (secondary N) is 1. The van der Waals surface area contributed by atoms with Crippen LogP contribution in [-0.4, -0.2) is 18.2 Å². The van der Waals surface area contributed by atoms with Crippen LogP contribution in [0.1, 0.15) is 23.1 Å². The van der Waals surface area contributed by atoms with Crippen LogP contribution in [0.2, 0.25) is 10.0 Å². The third-order valence-electron chi connectivity index (χ3n) is 3.58. The second-order valence-electron chi connectivity index (χ2n) is 5.64.